The summed E-state index contributed by atoms with van der Waals surface area (Å²) in [6.07, 6.45) is 5.36. The highest BCUT2D eigenvalue weighted by atomic mass is 16.5. The number of pyridine rings is 1. The fourth-order valence-corrected chi connectivity index (χ4v) is 5.51. The zero-order chi connectivity index (χ0) is 26.1. The van der Waals surface area contributed by atoms with Crippen LogP contribution < -0.4 is 4.74 Å². The highest BCUT2D eigenvalue weighted by molar-refractivity contribution is 5.99. The standard InChI is InChI=1S/C30H36N4O2/c1-18(2)21(5)34-11-10-25(19(3)16-34)26-17-33(6)30-29(26)20(4)24(15-32-30)13-27(35)22-8-9-28(36-7)23(12-22)14-31/h8-9,12,15,17-19,25H,5,10-11,13,16H2,1-4,6-7H3/t19-,25+/m0/s1. The Morgan fingerprint density at radius 1 is 1.36 bits per heavy atom. The van der Waals surface area contributed by atoms with E-state index in [0.717, 1.165) is 36.3 Å². The molecule has 6 nitrogen and oxygen atoms in total. The maximum absolute atomic E-state index is 13.2. The molecule has 36 heavy (non-hydrogen) atoms. The number of rotatable bonds is 7. The summed E-state index contributed by atoms with van der Waals surface area (Å²) in [6, 6.07) is 7.11. The smallest absolute Gasteiger partial charge is 0.167 e. The van der Waals surface area contributed by atoms with Gasteiger partial charge in [0.15, 0.2) is 5.78 Å². The average molecular weight is 485 g/mol. The molecule has 2 atom stereocenters. The van der Waals surface area contributed by atoms with Gasteiger partial charge in [-0.05, 0) is 66.0 Å². The average Bonchev–Trinajstić information content (AvgIpc) is 3.20. The molecular formula is C30H36N4O2. The lowest BCUT2D eigenvalue weighted by Crippen LogP contribution is -2.38. The summed E-state index contributed by atoms with van der Waals surface area (Å²) in [5.41, 5.74) is 6.40. The summed E-state index contributed by atoms with van der Waals surface area (Å²) in [6.45, 7) is 15.2. The molecule has 0 unspecified atom stereocenters. The van der Waals surface area contributed by atoms with E-state index in [1.165, 1.54) is 23.8 Å². The van der Waals surface area contributed by atoms with Crippen LogP contribution in [0.3, 0.4) is 0 Å². The van der Waals surface area contributed by atoms with Gasteiger partial charge in [-0.3, -0.25) is 4.79 Å². The summed E-state index contributed by atoms with van der Waals surface area (Å²) in [7, 11) is 3.56. The second-order valence-electron chi connectivity index (χ2n) is 10.4. The molecule has 0 N–H and O–H groups in total. The van der Waals surface area contributed by atoms with Crippen molar-refractivity contribution >= 4 is 16.8 Å². The predicted octanol–water partition coefficient (Wildman–Crippen LogP) is 5.78. The van der Waals surface area contributed by atoms with Crippen molar-refractivity contribution in [1.82, 2.24) is 14.5 Å². The minimum absolute atomic E-state index is 0.0373. The number of ketones is 1. The number of aryl methyl sites for hydroxylation is 2. The maximum atomic E-state index is 13.2. The number of benzene rings is 1. The maximum Gasteiger partial charge on any atom is 0.167 e. The van der Waals surface area contributed by atoms with Crippen molar-refractivity contribution < 1.29 is 9.53 Å². The van der Waals surface area contributed by atoms with Gasteiger partial charge in [-0.25, -0.2) is 4.98 Å². The summed E-state index contributed by atoms with van der Waals surface area (Å²) in [4.78, 5) is 20.4. The molecule has 1 aliphatic rings. The molecule has 1 fully saturated rings. The Hall–Kier alpha value is -3.59. The molecule has 188 valence electrons. The number of hydrogen-bond acceptors (Lipinski definition) is 5. The molecule has 0 bridgehead atoms. The van der Waals surface area contributed by atoms with Gasteiger partial charge >= 0.3 is 0 Å². The molecule has 4 rings (SSSR count). The number of hydrogen-bond donors (Lipinski definition) is 0. The van der Waals surface area contributed by atoms with E-state index in [4.69, 9.17) is 9.72 Å². The van der Waals surface area contributed by atoms with E-state index in [-0.39, 0.29) is 12.2 Å². The van der Waals surface area contributed by atoms with Gasteiger partial charge in [0.05, 0.1) is 12.7 Å². The number of ether oxygens (including phenoxy) is 1. The Kier molecular flexibility index (Phi) is 7.21. The first-order chi connectivity index (χ1) is 17.2. The number of Topliss-reactive ketones (excluding diaryl/α,β-unsaturated/α-hetero) is 1. The van der Waals surface area contributed by atoms with Gasteiger partial charge in [0.2, 0.25) is 0 Å². The number of nitrogens with zero attached hydrogens (tertiary/aromatic N) is 4. The Bertz CT molecular complexity index is 1360. The minimum atomic E-state index is -0.0373. The van der Waals surface area contributed by atoms with Crippen molar-refractivity contribution in [2.45, 2.75) is 46.5 Å². The predicted molar refractivity (Wildman–Crippen MR) is 143 cm³/mol. The number of piperidine rings is 1. The van der Waals surface area contributed by atoms with Gasteiger partial charge in [0.25, 0.3) is 0 Å². The fraction of sp³-hybridized carbons (Fsp3) is 0.433. The van der Waals surface area contributed by atoms with Crippen molar-refractivity contribution in [1.29, 1.82) is 5.26 Å². The number of methoxy groups -OCH3 is 1. The molecule has 1 aromatic carbocycles. The summed E-state index contributed by atoms with van der Waals surface area (Å²) in [5, 5.41) is 10.6. The molecule has 3 heterocycles. The molecule has 3 aromatic rings. The second kappa shape index (κ2) is 10.2. The number of allylic oxidation sites excluding steroid dienone is 1. The first-order valence-corrected chi connectivity index (χ1v) is 12.6. The molecule has 0 spiro atoms. The SMILES string of the molecule is C=C(C(C)C)N1CC[C@@H](c2cn(C)c3ncc(CC(=O)c4ccc(OC)c(C#N)c4)c(C)c23)[C@@H](C)C1. The Balaban J connectivity index is 1.64. The number of fused-ring (bicyclic) bond motifs is 1. The normalized spacial score (nSPS) is 17.9. The lowest BCUT2D eigenvalue weighted by molar-refractivity contribution is 0.0992. The van der Waals surface area contributed by atoms with Crippen molar-refractivity contribution in [2.75, 3.05) is 20.2 Å². The molecule has 1 saturated heterocycles. The molecular weight excluding hydrogens is 448 g/mol. The highest BCUT2D eigenvalue weighted by Gasteiger charge is 2.31. The van der Waals surface area contributed by atoms with Crippen molar-refractivity contribution in [3.05, 3.63) is 70.7 Å². The largest absolute Gasteiger partial charge is 0.495 e. The third kappa shape index (κ3) is 4.63. The first-order valence-electron chi connectivity index (χ1n) is 12.6. The number of carbonyl (C=O) groups excluding carboxylic acids is 1. The lowest BCUT2D eigenvalue weighted by atomic mass is 9.80. The lowest BCUT2D eigenvalue weighted by Gasteiger charge is -2.40. The number of nitriles is 1. The van der Waals surface area contributed by atoms with Crippen LogP contribution in [0.15, 0.2) is 42.9 Å². The first kappa shape index (κ1) is 25.5. The topological polar surface area (TPSA) is 71.2 Å². The van der Waals surface area contributed by atoms with Gasteiger partial charge < -0.3 is 14.2 Å². The van der Waals surface area contributed by atoms with Gasteiger partial charge in [0.1, 0.15) is 17.5 Å². The van der Waals surface area contributed by atoms with Gasteiger partial charge in [0, 0.05) is 55.6 Å². The molecule has 6 heteroatoms. The van der Waals surface area contributed by atoms with Crippen molar-refractivity contribution in [3.63, 3.8) is 0 Å². The fourth-order valence-electron chi connectivity index (χ4n) is 5.51. The van der Waals surface area contributed by atoms with E-state index < -0.39 is 0 Å². The van der Waals surface area contributed by atoms with E-state index in [0.29, 0.717) is 34.6 Å². The zero-order valence-corrected chi connectivity index (χ0v) is 22.3. The zero-order valence-electron chi connectivity index (χ0n) is 22.3. The van der Waals surface area contributed by atoms with E-state index in [9.17, 15) is 10.1 Å². The van der Waals surface area contributed by atoms with Crippen LogP contribution in [0.2, 0.25) is 0 Å². The van der Waals surface area contributed by atoms with Crippen LogP contribution >= 0.6 is 0 Å². The van der Waals surface area contributed by atoms with E-state index in [1.54, 1.807) is 18.2 Å². The van der Waals surface area contributed by atoms with E-state index in [1.807, 2.05) is 13.2 Å². The Morgan fingerprint density at radius 3 is 2.75 bits per heavy atom. The number of carbonyl (C=O) groups is 1. The van der Waals surface area contributed by atoms with Crippen LogP contribution in [0.5, 0.6) is 5.75 Å². The molecule has 2 aromatic heterocycles. The van der Waals surface area contributed by atoms with Crippen LogP contribution in [0.1, 0.15) is 65.7 Å². The molecule has 0 saturated carbocycles. The van der Waals surface area contributed by atoms with Gasteiger partial charge in [-0.15, -0.1) is 0 Å². The number of aromatic nitrogens is 2. The minimum Gasteiger partial charge on any atom is -0.495 e. The third-order valence-corrected chi connectivity index (χ3v) is 7.75. The van der Waals surface area contributed by atoms with Crippen molar-refractivity contribution in [2.24, 2.45) is 18.9 Å². The van der Waals surface area contributed by atoms with Crippen LogP contribution in [0.25, 0.3) is 11.0 Å². The highest BCUT2D eigenvalue weighted by Crippen LogP contribution is 2.40. The quantitative estimate of drug-likeness (QED) is 0.397. The summed E-state index contributed by atoms with van der Waals surface area (Å²) in [5.74, 6) is 1.79. The van der Waals surface area contributed by atoms with Crippen LogP contribution in [-0.2, 0) is 13.5 Å². The third-order valence-electron chi connectivity index (χ3n) is 7.75. The van der Waals surface area contributed by atoms with Crippen LogP contribution in [0.4, 0.5) is 0 Å². The monoisotopic (exact) mass is 484 g/mol. The molecule has 0 aliphatic carbocycles. The Labute approximate surface area is 214 Å². The molecule has 0 radical (unpaired) electrons. The second-order valence-corrected chi connectivity index (χ2v) is 10.4. The van der Waals surface area contributed by atoms with E-state index >= 15 is 0 Å². The van der Waals surface area contributed by atoms with Gasteiger partial charge in [-0.1, -0.05) is 27.4 Å². The summed E-state index contributed by atoms with van der Waals surface area (Å²) < 4.78 is 7.32. The summed E-state index contributed by atoms with van der Waals surface area (Å²) >= 11 is 0. The molecule has 0 amide bonds. The van der Waals surface area contributed by atoms with Crippen LogP contribution in [0, 0.1) is 30.1 Å². The number of likely N-dealkylation sites (tertiary alicyclic amines) is 1. The van der Waals surface area contributed by atoms with Crippen molar-refractivity contribution in [3.8, 4) is 11.8 Å². The van der Waals surface area contributed by atoms with Gasteiger partial charge in [-0.2, -0.15) is 5.26 Å². The van der Waals surface area contributed by atoms with E-state index in [2.05, 4.69) is 56.0 Å². The van der Waals surface area contributed by atoms with Crippen LogP contribution in [-0.4, -0.2) is 40.4 Å². The molecule has 1 aliphatic heterocycles. The Morgan fingerprint density at radius 2 is 2.11 bits per heavy atom.